The quantitative estimate of drug-likeness (QED) is 0.942. The first-order valence-electron chi connectivity index (χ1n) is 5.61. The Hall–Kier alpha value is -1.13. The number of hydrogen-bond acceptors (Lipinski definition) is 2. The van der Waals surface area contributed by atoms with Crippen molar-refractivity contribution in [2.75, 3.05) is 7.05 Å². The van der Waals surface area contributed by atoms with E-state index in [-0.39, 0.29) is 0 Å². The maximum absolute atomic E-state index is 4.41. The third-order valence-electron chi connectivity index (χ3n) is 2.87. The molecule has 0 saturated carbocycles. The van der Waals surface area contributed by atoms with E-state index in [0.717, 1.165) is 15.9 Å². The van der Waals surface area contributed by atoms with Crippen molar-refractivity contribution in [1.29, 1.82) is 0 Å². The fourth-order valence-corrected chi connectivity index (χ4v) is 2.27. The predicted octanol–water partition coefficient (Wildman–Crippen LogP) is 3.22. The monoisotopic (exact) mass is 293 g/mol. The molecule has 0 spiro atoms. The van der Waals surface area contributed by atoms with Crippen LogP contribution >= 0.6 is 15.9 Å². The predicted molar refractivity (Wildman–Crippen MR) is 73.5 cm³/mol. The number of halogens is 1. The van der Waals surface area contributed by atoms with Crippen LogP contribution in [-0.4, -0.2) is 16.8 Å². The largest absolute Gasteiger partial charge is 0.313 e. The molecular weight excluding hydrogens is 278 g/mol. The van der Waals surface area contributed by atoms with E-state index in [2.05, 4.69) is 51.5 Å². The van der Waals surface area contributed by atoms with Crippen LogP contribution in [0.25, 0.3) is 5.69 Å². The molecule has 0 radical (unpaired) electrons. The van der Waals surface area contributed by atoms with Gasteiger partial charge in [0.1, 0.15) is 0 Å². The molecule has 0 aliphatic carbocycles. The number of nitrogens with zero attached hydrogens (tertiary/aromatic N) is 2. The van der Waals surface area contributed by atoms with Crippen molar-refractivity contribution in [2.45, 2.75) is 19.9 Å². The molecule has 17 heavy (non-hydrogen) atoms. The molecule has 0 aliphatic rings. The summed E-state index contributed by atoms with van der Waals surface area (Å²) in [6.07, 6.45) is 1.97. The van der Waals surface area contributed by atoms with E-state index in [1.807, 2.05) is 30.9 Å². The zero-order valence-corrected chi connectivity index (χ0v) is 11.8. The molecule has 4 heteroatoms. The lowest BCUT2D eigenvalue weighted by Crippen LogP contribution is -2.12. The molecule has 1 aromatic carbocycles. The van der Waals surface area contributed by atoms with E-state index in [1.54, 1.807) is 0 Å². The van der Waals surface area contributed by atoms with Crippen molar-refractivity contribution < 1.29 is 0 Å². The smallest absolute Gasteiger partial charge is 0.0787 e. The molecule has 1 atom stereocenters. The van der Waals surface area contributed by atoms with Gasteiger partial charge in [-0.1, -0.05) is 6.07 Å². The minimum absolute atomic E-state index is 0.347. The van der Waals surface area contributed by atoms with Crippen molar-refractivity contribution in [3.8, 4) is 5.69 Å². The van der Waals surface area contributed by atoms with Gasteiger partial charge in [-0.15, -0.1) is 0 Å². The minimum Gasteiger partial charge on any atom is -0.313 e. The van der Waals surface area contributed by atoms with Crippen LogP contribution in [0.4, 0.5) is 0 Å². The lowest BCUT2D eigenvalue weighted by atomic mass is 10.1. The van der Waals surface area contributed by atoms with Crippen molar-refractivity contribution >= 4 is 15.9 Å². The van der Waals surface area contributed by atoms with Crippen LogP contribution in [0, 0.1) is 6.92 Å². The van der Waals surface area contributed by atoms with E-state index in [1.165, 1.54) is 5.56 Å². The van der Waals surface area contributed by atoms with Crippen LogP contribution in [0.15, 0.2) is 34.9 Å². The first-order valence-corrected chi connectivity index (χ1v) is 6.40. The van der Waals surface area contributed by atoms with Crippen LogP contribution in [0.5, 0.6) is 0 Å². The third kappa shape index (κ3) is 2.58. The van der Waals surface area contributed by atoms with Gasteiger partial charge < -0.3 is 5.32 Å². The second-order valence-corrected chi connectivity index (χ2v) is 4.98. The van der Waals surface area contributed by atoms with Gasteiger partial charge in [0.2, 0.25) is 0 Å². The fourth-order valence-electron chi connectivity index (χ4n) is 1.69. The standard InChI is InChI=1S/C13H16BrN3/c1-9-6-7-17(16-9)13-5-4-11(8-12(13)14)10(2)15-3/h4-8,10,15H,1-3H3. The second-order valence-electron chi connectivity index (χ2n) is 4.12. The molecule has 1 aromatic heterocycles. The van der Waals surface area contributed by atoms with Crippen molar-refractivity contribution in [2.24, 2.45) is 0 Å². The van der Waals surface area contributed by atoms with Crippen LogP contribution in [0.1, 0.15) is 24.2 Å². The molecule has 1 N–H and O–H groups in total. The molecule has 2 rings (SSSR count). The highest BCUT2D eigenvalue weighted by Gasteiger charge is 2.08. The third-order valence-corrected chi connectivity index (χ3v) is 3.51. The summed E-state index contributed by atoms with van der Waals surface area (Å²) in [6, 6.07) is 8.68. The summed E-state index contributed by atoms with van der Waals surface area (Å²) in [7, 11) is 1.96. The topological polar surface area (TPSA) is 29.9 Å². The van der Waals surface area contributed by atoms with E-state index >= 15 is 0 Å². The fraction of sp³-hybridized carbons (Fsp3) is 0.308. The summed E-state index contributed by atoms with van der Waals surface area (Å²) in [5, 5.41) is 7.64. The molecule has 90 valence electrons. The zero-order chi connectivity index (χ0) is 12.4. The first kappa shape index (κ1) is 12.3. The maximum Gasteiger partial charge on any atom is 0.0787 e. The molecule has 0 bridgehead atoms. The highest BCUT2D eigenvalue weighted by molar-refractivity contribution is 9.10. The van der Waals surface area contributed by atoms with Gasteiger partial charge in [0, 0.05) is 16.7 Å². The van der Waals surface area contributed by atoms with Gasteiger partial charge in [-0.3, -0.25) is 0 Å². The lowest BCUT2D eigenvalue weighted by molar-refractivity contribution is 0.651. The Labute approximate surface area is 110 Å². The van der Waals surface area contributed by atoms with Gasteiger partial charge in [-0.05, 0) is 60.6 Å². The minimum atomic E-state index is 0.347. The first-order chi connectivity index (χ1) is 8.11. The molecule has 0 aliphatic heterocycles. The Morgan fingerprint density at radius 2 is 2.12 bits per heavy atom. The van der Waals surface area contributed by atoms with E-state index < -0.39 is 0 Å². The molecule has 1 unspecified atom stereocenters. The number of nitrogens with one attached hydrogen (secondary N) is 1. The summed E-state index contributed by atoms with van der Waals surface area (Å²) >= 11 is 3.60. The van der Waals surface area contributed by atoms with E-state index in [4.69, 9.17) is 0 Å². The molecule has 2 aromatic rings. The number of benzene rings is 1. The van der Waals surface area contributed by atoms with Gasteiger partial charge >= 0.3 is 0 Å². The maximum atomic E-state index is 4.41. The summed E-state index contributed by atoms with van der Waals surface area (Å²) in [5.74, 6) is 0. The highest BCUT2D eigenvalue weighted by atomic mass is 79.9. The molecule has 3 nitrogen and oxygen atoms in total. The molecular formula is C13H16BrN3. The summed E-state index contributed by atoms with van der Waals surface area (Å²) in [6.45, 7) is 4.13. The summed E-state index contributed by atoms with van der Waals surface area (Å²) in [4.78, 5) is 0. The molecule has 0 saturated heterocycles. The Morgan fingerprint density at radius 1 is 1.35 bits per heavy atom. The normalized spacial score (nSPS) is 12.7. The Balaban J connectivity index is 2.38. The van der Waals surface area contributed by atoms with Crippen molar-refractivity contribution in [3.63, 3.8) is 0 Å². The molecule has 0 amide bonds. The van der Waals surface area contributed by atoms with Gasteiger partial charge in [-0.25, -0.2) is 4.68 Å². The number of rotatable bonds is 3. The summed E-state index contributed by atoms with van der Waals surface area (Å²) in [5.41, 5.74) is 3.33. The number of aryl methyl sites for hydroxylation is 1. The highest BCUT2D eigenvalue weighted by Crippen LogP contribution is 2.24. The van der Waals surface area contributed by atoms with Gasteiger partial charge in [0.15, 0.2) is 0 Å². The lowest BCUT2D eigenvalue weighted by Gasteiger charge is -2.13. The van der Waals surface area contributed by atoms with E-state index in [0.29, 0.717) is 6.04 Å². The van der Waals surface area contributed by atoms with Crippen molar-refractivity contribution in [3.05, 3.63) is 46.2 Å². The zero-order valence-electron chi connectivity index (χ0n) is 10.2. The van der Waals surface area contributed by atoms with Gasteiger partial charge in [0.25, 0.3) is 0 Å². The molecule has 1 heterocycles. The van der Waals surface area contributed by atoms with Crippen LogP contribution in [0.2, 0.25) is 0 Å². The van der Waals surface area contributed by atoms with Gasteiger partial charge in [-0.2, -0.15) is 5.10 Å². The summed E-state index contributed by atoms with van der Waals surface area (Å²) < 4.78 is 2.94. The average Bonchev–Trinajstić information content (AvgIpc) is 2.74. The second kappa shape index (κ2) is 5.02. The van der Waals surface area contributed by atoms with Crippen LogP contribution in [-0.2, 0) is 0 Å². The average molecular weight is 294 g/mol. The van der Waals surface area contributed by atoms with Crippen LogP contribution in [0.3, 0.4) is 0 Å². The molecule has 0 fully saturated rings. The van der Waals surface area contributed by atoms with Crippen molar-refractivity contribution in [1.82, 2.24) is 15.1 Å². The Bertz CT molecular complexity index is 519. The van der Waals surface area contributed by atoms with E-state index in [9.17, 15) is 0 Å². The SMILES string of the molecule is CNC(C)c1ccc(-n2ccc(C)n2)c(Br)c1. The number of hydrogen-bond donors (Lipinski definition) is 1. The van der Waals surface area contributed by atoms with Crippen LogP contribution < -0.4 is 5.32 Å². The number of aromatic nitrogens is 2. The Morgan fingerprint density at radius 3 is 2.65 bits per heavy atom. The van der Waals surface area contributed by atoms with Gasteiger partial charge in [0.05, 0.1) is 11.4 Å². The Kier molecular flexibility index (Phi) is 3.64.